The van der Waals surface area contributed by atoms with Gasteiger partial charge in [0.2, 0.25) is 5.91 Å². The summed E-state index contributed by atoms with van der Waals surface area (Å²) in [5, 5.41) is 3.06. The molecular formula is C9H21N3OS. The van der Waals surface area contributed by atoms with Crippen LogP contribution in [0.25, 0.3) is 0 Å². The molecule has 0 aromatic carbocycles. The van der Waals surface area contributed by atoms with Crippen molar-refractivity contribution in [2.75, 3.05) is 18.8 Å². The highest BCUT2D eigenvalue weighted by Crippen LogP contribution is 1.97. The van der Waals surface area contributed by atoms with Crippen LogP contribution in [0.15, 0.2) is 0 Å². The molecule has 1 atom stereocenters. The number of amides is 1. The Bertz CT molecular complexity index is 155. The minimum absolute atomic E-state index is 0.298. The normalized spacial score (nSPS) is 12.7. The molecule has 5 heteroatoms. The molecule has 5 N–H and O–H groups in total. The van der Waals surface area contributed by atoms with Crippen LogP contribution in [-0.2, 0) is 4.79 Å². The van der Waals surface area contributed by atoms with Gasteiger partial charge in [0.05, 0.1) is 6.04 Å². The number of unbranched alkanes of at least 4 members (excludes halogenated alkanes) is 3. The van der Waals surface area contributed by atoms with Crippen molar-refractivity contribution in [1.29, 1.82) is 0 Å². The molecule has 0 unspecified atom stereocenters. The number of nitrogens with one attached hydrogen (secondary N) is 1. The standard InChI is InChI=1S/C9H21N3OS/c10-5-3-1-2-4-6-12-8(7-14)9(11)13/h8,12,14H,1-7,10H2,(H2,11,13)/t8-/m0/s1. The summed E-state index contributed by atoms with van der Waals surface area (Å²) in [6.45, 7) is 1.58. The number of thiol groups is 1. The predicted octanol–water partition coefficient (Wildman–Crippen LogP) is -0.121. The highest BCUT2D eigenvalue weighted by atomic mass is 32.1. The Labute approximate surface area is 91.2 Å². The molecule has 0 aliphatic rings. The molecule has 4 nitrogen and oxygen atoms in total. The van der Waals surface area contributed by atoms with Gasteiger partial charge in [-0.25, -0.2) is 0 Å². The zero-order chi connectivity index (χ0) is 10.8. The first-order valence-electron chi connectivity index (χ1n) is 5.06. The number of hydrogen-bond acceptors (Lipinski definition) is 4. The van der Waals surface area contributed by atoms with E-state index >= 15 is 0 Å². The van der Waals surface area contributed by atoms with Crippen molar-refractivity contribution in [3.05, 3.63) is 0 Å². The Hall–Kier alpha value is -0.260. The van der Waals surface area contributed by atoms with Gasteiger partial charge in [0.1, 0.15) is 0 Å². The zero-order valence-corrected chi connectivity index (χ0v) is 9.43. The van der Waals surface area contributed by atoms with Crippen molar-refractivity contribution in [3.63, 3.8) is 0 Å². The molecule has 0 fully saturated rings. The maximum absolute atomic E-state index is 10.8. The highest BCUT2D eigenvalue weighted by molar-refractivity contribution is 7.80. The molecule has 0 saturated carbocycles. The van der Waals surface area contributed by atoms with Crippen LogP contribution in [0.5, 0.6) is 0 Å². The minimum atomic E-state index is -0.332. The largest absolute Gasteiger partial charge is 0.368 e. The third-order valence-corrected chi connectivity index (χ3v) is 2.41. The van der Waals surface area contributed by atoms with Crippen LogP contribution >= 0.6 is 12.6 Å². The van der Waals surface area contributed by atoms with Crippen molar-refractivity contribution in [2.24, 2.45) is 11.5 Å². The zero-order valence-electron chi connectivity index (χ0n) is 8.54. The summed E-state index contributed by atoms with van der Waals surface area (Å²) in [7, 11) is 0. The SMILES string of the molecule is NCCCCCCN[C@@H](CS)C(N)=O. The van der Waals surface area contributed by atoms with E-state index in [0.717, 1.165) is 38.8 Å². The number of primary amides is 1. The van der Waals surface area contributed by atoms with Crippen LogP contribution < -0.4 is 16.8 Å². The second-order valence-corrected chi connectivity index (χ2v) is 3.66. The van der Waals surface area contributed by atoms with E-state index in [2.05, 4.69) is 17.9 Å². The van der Waals surface area contributed by atoms with Crippen molar-refractivity contribution in [3.8, 4) is 0 Å². The fourth-order valence-electron chi connectivity index (χ4n) is 1.15. The van der Waals surface area contributed by atoms with Crippen LogP contribution in [-0.4, -0.2) is 30.8 Å². The van der Waals surface area contributed by atoms with Crippen molar-refractivity contribution < 1.29 is 4.79 Å². The van der Waals surface area contributed by atoms with E-state index in [1.54, 1.807) is 0 Å². The van der Waals surface area contributed by atoms with Crippen LogP contribution in [0.3, 0.4) is 0 Å². The van der Waals surface area contributed by atoms with E-state index in [4.69, 9.17) is 11.5 Å². The monoisotopic (exact) mass is 219 g/mol. The Morgan fingerprint density at radius 3 is 2.43 bits per heavy atom. The molecular weight excluding hydrogens is 198 g/mol. The van der Waals surface area contributed by atoms with Gasteiger partial charge in [0.25, 0.3) is 0 Å². The van der Waals surface area contributed by atoms with Gasteiger partial charge in [0.15, 0.2) is 0 Å². The summed E-state index contributed by atoms with van der Waals surface area (Å²) < 4.78 is 0. The van der Waals surface area contributed by atoms with Crippen LogP contribution in [0.1, 0.15) is 25.7 Å². The lowest BCUT2D eigenvalue weighted by molar-refractivity contribution is -0.119. The van der Waals surface area contributed by atoms with Gasteiger partial charge in [-0.2, -0.15) is 12.6 Å². The fraction of sp³-hybridized carbons (Fsp3) is 0.889. The van der Waals surface area contributed by atoms with Gasteiger partial charge in [0, 0.05) is 5.75 Å². The number of carbonyl (C=O) groups is 1. The summed E-state index contributed by atoms with van der Waals surface area (Å²) in [5.74, 6) is 0.125. The molecule has 0 heterocycles. The van der Waals surface area contributed by atoms with Gasteiger partial charge < -0.3 is 16.8 Å². The second kappa shape index (κ2) is 9.30. The van der Waals surface area contributed by atoms with Crippen molar-refractivity contribution >= 4 is 18.5 Å². The maximum Gasteiger partial charge on any atom is 0.235 e. The first kappa shape index (κ1) is 13.7. The smallest absolute Gasteiger partial charge is 0.235 e. The number of nitrogens with two attached hydrogens (primary N) is 2. The van der Waals surface area contributed by atoms with Gasteiger partial charge in [-0.1, -0.05) is 12.8 Å². The Morgan fingerprint density at radius 1 is 1.29 bits per heavy atom. The predicted molar refractivity (Wildman–Crippen MR) is 62.4 cm³/mol. The summed E-state index contributed by atoms with van der Waals surface area (Å²) in [5.41, 5.74) is 10.5. The maximum atomic E-state index is 10.8. The summed E-state index contributed by atoms with van der Waals surface area (Å²) >= 11 is 4.03. The van der Waals surface area contributed by atoms with E-state index in [-0.39, 0.29) is 11.9 Å². The lowest BCUT2D eigenvalue weighted by Crippen LogP contribution is -2.43. The van der Waals surface area contributed by atoms with Crippen LogP contribution in [0, 0.1) is 0 Å². The third kappa shape index (κ3) is 7.17. The average molecular weight is 219 g/mol. The average Bonchev–Trinajstić information content (AvgIpc) is 2.16. The third-order valence-electron chi connectivity index (χ3n) is 2.05. The number of rotatable bonds is 9. The first-order chi connectivity index (χ1) is 6.72. The quantitative estimate of drug-likeness (QED) is 0.322. The summed E-state index contributed by atoms with van der Waals surface area (Å²) in [4.78, 5) is 10.8. The Kier molecular flexibility index (Phi) is 9.13. The molecule has 14 heavy (non-hydrogen) atoms. The molecule has 1 amide bonds. The summed E-state index contributed by atoms with van der Waals surface area (Å²) in [6, 6.07) is -0.298. The van der Waals surface area contributed by atoms with E-state index in [1.165, 1.54) is 0 Å². The van der Waals surface area contributed by atoms with Crippen LogP contribution in [0.2, 0.25) is 0 Å². The Balaban J connectivity index is 3.29. The topological polar surface area (TPSA) is 81.1 Å². The van der Waals surface area contributed by atoms with E-state index in [0.29, 0.717) is 5.75 Å². The lowest BCUT2D eigenvalue weighted by atomic mass is 10.2. The van der Waals surface area contributed by atoms with E-state index < -0.39 is 0 Å². The molecule has 0 aromatic heterocycles. The molecule has 0 radical (unpaired) electrons. The van der Waals surface area contributed by atoms with Gasteiger partial charge in [-0.15, -0.1) is 0 Å². The van der Waals surface area contributed by atoms with Crippen molar-refractivity contribution in [2.45, 2.75) is 31.7 Å². The number of carbonyl (C=O) groups excluding carboxylic acids is 1. The molecule has 0 aliphatic carbocycles. The molecule has 0 rings (SSSR count). The molecule has 0 bridgehead atoms. The second-order valence-electron chi connectivity index (χ2n) is 3.29. The highest BCUT2D eigenvalue weighted by Gasteiger charge is 2.10. The molecule has 0 spiro atoms. The van der Waals surface area contributed by atoms with E-state index in [9.17, 15) is 4.79 Å². The van der Waals surface area contributed by atoms with Gasteiger partial charge >= 0.3 is 0 Å². The first-order valence-corrected chi connectivity index (χ1v) is 5.69. The molecule has 0 aliphatic heterocycles. The molecule has 84 valence electrons. The minimum Gasteiger partial charge on any atom is -0.368 e. The van der Waals surface area contributed by atoms with Gasteiger partial charge in [-0.05, 0) is 25.9 Å². The Morgan fingerprint density at radius 2 is 1.93 bits per heavy atom. The lowest BCUT2D eigenvalue weighted by Gasteiger charge is -2.12. The fourth-order valence-corrected chi connectivity index (χ4v) is 1.46. The molecule has 0 saturated heterocycles. The van der Waals surface area contributed by atoms with Gasteiger partial charge in [-0.3, -0.25) is 4.79 Å². The summed E-state index contributed by atoms with van der Waals surface area (Å²) in [6.07, 6.45) is 4.42. The van der Waals surface area contributed by atoms with Crippen molar-refractivity contribution in [1.82, 2.24) is 5.32 Å². The van der Waals surface area contributed by atoms with Crippen LogP contribution in [0.4, 0.5) is 0 Å². The molecule has 0 aromatic rings. The number of hydrogen-bond donors (Lipinski definition) is 4. The van der Waals surface area contributed by atoms with E-state index in [1.807, 2.05) is 0 Å².